The van der Waals surface area contributed by atoms with Gasteiger partial charge in [0.2, 0.25) is 11.9 Å². The largest absolute Gasteiger partial charge is 0.454 e. The lowest BCUT2D eigenvalue weighted by Crippen LogP contribution is -2.44. The van der Waals surface area contributed by atoms with Gasteiger partial charge in [-0.05, 0) is 55.5 Å². The third kappa shape index (κ3) is 4.34. The Kier molecular flexibility index (Phi) is 6.07. The van der Waals surface area contributed by atoms with Gasteiger partial charge in [0, 0.05) is 38.3 Å². The van der Waals surface area contributed by atoms with Crippen molar-refractivity contribution >= 4 is 15.9 Å². The first kappa shape index (κ1) is 22.2. The number of ether oxygens (including phenoxy) is 3. The number of nitrogens with one attached hydrogen (secondary N) is 1. The molecule has 2 aromatic rings. The van der Waals surface area contributed by atoms with Gasteiger partial charge in [-0.2, -0.15) is 4.31 Å². The number of carbonyl (C=O) groups excluding carboxylic acids is 1. The summed E-state index contributed by atoms with van der Waals surface area (Å²) in [4.78, 5) is 12.9. The van der Waals surface area contributed by atoms with Crippen molar-refractivity contribution in [1.29, 1.82) is 0 Å². The summed E-state index contributed by atoms with van der Waals surface area (Å²) in [6.45, 7) is 2.69. The van der Waals surface area contributed by atoms with Gasteiger partial charge in [-0.25, -0.2) is 8.42 Å². The van der Waals surface area contributed by atoms with Crippen molar-refractivity contribution in [2.45, 2.75) is 42.6 Å². The van der Waals surface area contributed by atoms with Crippen LogP contribution in [-0.2, 0) is 20.2 Å². The first-order valence-corrected chi connectivity index (χ1v) is 12.8. The maximum absolute atomic E-state index is 12.9. The van der Waals surface area contributed by atoms with Crippen molar-refractivity contribution in [3.63, 3.8) is 0 Å². The molecule has 0 atom stereocenters. The zero-order valence-corrected chi connectivity index (χ0v) is 19.2. The highest BCUT2D eigenvalue weighted by molar-refractivity contribution is 7.89. The highest BCUT2D eigenvalue weighted by atomic mass is 32.2. The fourth-order valence-electron chi connectivity index (χ4n) is 4.71. The van der Waals surface area contributed by atoms with Crippen LogP contribution in [0.4, 0.5) is 0 Å². The minimum atomic E-state index is -3.73. The zero-order chi connectivity index (χ0) is 22.9. The van der Waals surface area contributed by atoms with E-state index < -0.39 is 15.9 Å². The molecule has 5 rings (SSSR count). The second kappa shape index (κ2) is 9.00. The fraction of sp³-hybridized carbons (Fsp3) is 0.522. The quantitative estimate of drug-likeness (QED) is 0.683. The average Bonchev–Trinajstić information content (AvgIpc) is 3.53. The fourth-order valence-corrected chi connectivity index (χ4v) is 6.13. The molecule has 0 bridgehead atoms. The van der Waals surface area contributed by atoms with E-state index in [1.165, 1.54) is 16.4 Å². The van der Waals surface area contributed by atoms with Gasteiger partial charge in [0.25, 0.3) is 15.9 Å². The molecule has 0 unspecified atom stereocenters. The lowest BCUT2D eigenvalue weighted by molar-refractivity contribution is 0.0483. The number of amides is 1. The lowest BCUT2D eigenvalue weighted by atomic mass is 9.74. The molecule has 0 saturated carbocycles. The van der Waals surface area contributed by atoms with Crippen molar-refractivity contribution in [2.24, 2.45) is 0 Å². The van der Waals surface area contributed by atoms with E-state index in [-0.39, 0.29) is 23.1 Å². The van der Waals surface area contributed by atoms with Gasteiger partial charge in [-0.1, -0.05) is 12.5 Å². The van der Waals surface area contributed by atoms with Crippen LogP contribution in [0.3, 0.4) is 0 Å². The molecule has 2 saturated heterocycles. The van der Waals surface area contributed by atoms with Gasteiger partial charge in [0.15, 0.2) is 17.3 Å². The number of nitrogens with zero attached hydrogens (tertiary/aromatic N) is 1. The monoisotopic (exact) mass is 476 g/mol. The maximum Gasteiger partial charge on any atom is 0.287 e. The number of benzene rings is 1. The standard InChI is InChI=1S/C23H28N2O7S/c26-22(19-6-7-21(32-19)33(27,28)25-10-2-1-3-11-25)24-15-23(8-12-29-13-9-23)17-4-5-18-20(14-17)31-16-30-18/h4-7,14H,1-3,8-13,15-16H2,(H,24,26). The van der Waals surface area contributed by atoms with Gasteiger partial charge in [0.05, 0.1) is 0 Å². The summed E-state index contributed by atoms with van der Waals surface area (Å²) >= 11 is 0. The summed E-state index contributed by atoms with van der Waals surface area (Å²) < 4.78 is 49.1. The van der Waals surface area contributed by atoms with E-state index in [1.54, 1.807) is 0 Å². The first-order chi connectivity index (χ1) is 16.0. The van der Waals surface area contributed by atoms with E-state index >= 15 is 0 Å². The van der Waals surface area contributed by atoms with E-state index in [9.17, 15) is 13.2 Å². The third-order valence-electron chi connectivity index (χ3n) is 6.74. The molecule has 2 fully saturated rings. The Bertz CT molecular complexity index is 1120. The number of fused-ring (bicyclic) bond motifs is 1. The Labute approximate surface area is 193 Å². The van der Waals surface area contributed by atoms with Crippen molar-refractivity contribution in [1.82, 2.24) is 9.62 Å². The first-order valence-electron chi connectivity index (χ1n) is 11.3. The second-order valence-corrected chi connectivity index (χ2v) is 10.6. The van der Waals surface area contributed by atoms with Gasteiger partial charge in [0.1, 0.15) is 0 Å². The van der Waals surface area contributed by atoms with Crippen LogP contribution >= 0.6 is 0 Å². The van der Waals surface area contributed by atoms with Crippen molar-refractivity contribution in [3.8, 4) is 11.5 Å². The van der Waals surface area contributed by atoms with Crippen LogP contribution in [-0.4, -0.2) is 58.3 Å². The van der Waals surface area contributed by atoms with E-state index in [0.29, 0.717) is 44.3 Å². The summed E-state index contributed by atoms with van der Waals surface area (Å²) in [7, 11) is -3.73. The number of piperidine rings is 1. The molecule has 178 valence electrons. The summed E-state index contributed by atoms with van der Waals surface area (Å²) in [6, 6.07) is 8.64. The number of hydrogen-bond acceptors (Lipinski definition) is 7. The van der Waals surface area contributed by atoms with Gasteiger partial charge < -0.3 is 23.9 Å². The number of rotatable bonds is 6. The second-order valence-electron chi connectivity index (χ2n) is 8.73. The molecule has 1 aromatic carbocycles. The van der Waals surface area contributed by atoms with Crippen LogP contribution in [0.1, 0.15) is 48.2 Å². The van der Waals surface area contributed by atoms with Crippen LogP contribution in [0.15, 0.2) is 39.8 Å². The van der Waals surface area contributed by atoms with Crippen LogP contribution < -0.4 is 14.8 Å². The topological polar surface area (TPSA) is 107 Å². The molecule has 1 amide bonds. The summed E-state index contributed by atoms with van der Waals surface area (Å²) in [6.07, 6.45) is 4.16. The maximum atomic E-state index is 12.9. The van der Waals surface area contributed by atoms with Gasteiger partial charge >= 0.3 is 0 Å². The molecule has 1 N–H and O–H groups in total. The molecule has 9 nitrogen and oxygen atoms in total. The van der Waals surface area contributed by atoms with Crippen molar-refractivity contribution in [2.75, 3.05) is 39.6 Å². The van der Waals surface area contributed by atoms with Crippen molar-refractivity contribution < 1.29 is 31.8 Å². The highest BCUT2D eigenvalue weighted by Crippen LogP contribution is 2.40. The van der Waals surface area contributed by atoms with Crippen LogP contribution in [0.2, 0.25) is 0 Å². The molecular formula is C23H28N2O7S. The normalized spacial score (nSPS) is 20.5. The Balaban J connectivity index is 1.31. The van der Waals surface area contributed by atoms with Crippen LogP contribution in [0.5, 0.6) is 11.5 Å². The zero-order valence-electron chi connectivity index (χ0n) is 18.4. The SMILES string of the molecule is O=C(NCC1(c2ccc3c(c2)OCO3)CCOCC1)c1ccc(S(=O)(=O)N2CCCCC2)o1. The Morgan fingerprint density at radius 3 is 2.55 bits per heavy atom. The van der Waals surface area contributed by atoms with E-state index in [4.69, 9.17) is 18.6 Å². The third-order valence-corrected chi connectivity index (χ3v) is 8.51. The number of furan rings is 1. The summed E-state index contributed by atoms with van der Waals surface area (Å²) in [5.74, 6) is 0.950. The minimum absolute atomic E-state index is 0.0153. The predicted octanol–water partition coefficient (Wildman–Crippen LogP) is 2.66. The van der Waals surface area contributed by atoms with E-state index in [1.807, 2.05) is 18.2 Å². The predicted molar refractivity (Wildman–Crippen MR) is 118 cm³/mol. The smallest absolute Gasteiger partial charge is 0.287 e. The van der Waals surface area contributed by atoms with Gasteiger partial charge in [-0.3, -0.25) is 4.79 Å². The molecule has 0 radical (unpaired) electrons. The molecule has 1 aromatic heterocycles. The molecule has 3 aliphatic rings. The minimum Gasteiger partial charge on any atom is -0.454 e. The molecule has 3 aliphatic heterocycles. The number of hydrogen-bond donors (Lipinski definition) is 1. The molecule has 0 aliphatic carbocycles. The molecule has 4 heterocycles. The lowest BCUT2D eigenvalue weighted by Gasteiger charge is -2.38. The van der Waals surface area contributed by atoms with Gasteiger partial charge in [-0.15, -0.1) is 0 Å². The summed E-state index contributed by atoms with van der Waals surface area (Å²) in [5.41, 5.74) is 0.715. The summed E-state index contributed by atoms with van der Waals surface area (Å²) in [5, 5.41) is 2.76. The molecule has 10 heteroatoms. The highest BCUT2D eigenvalue weighted by Gasteiger charge is 2.37. The Hall–Kier alpha value is -2.56. The van der Waals surface area contributed by atoms with E-state index in [2.05, 4.69) is 5.32 Å². The van der Waals surface area contributed by atoms with Crippen LogP contribution in [0.25, 0.3) is 0 Å². The van der Waals surface area contributed by atoms with E-state index in [0.717, 1.165) is 37.7 Å². The number of sulfonamides is 1. The number of carbonyl (C=O) groups is 1. The molecule has 0 spiro atoms. The Morgan fingerprint density at radius 1 is 1.00 bits per heavy atom. The molecule has 33 heavy (non-hydrogen) atoms. The average molecular weight is 477 g/mol. The Morgan fingerprint density at radius 2 is 1.76 bits per heavy atom. The van der Waals surface area contributed by atoms with Crippen LogP contribution in [0, 0.1) is 0 Å². The molecular weight excluding hydrogens is 448 g/mol. The van der Waals surface area contributed by atoms with Crippen molar-refractivity contribution in [3.05, 3.63) is 41.7 Å².